The van der Waals surface area contributed by atoms with E-state index in [1.54, 1.807) is 14.2 Å². The fourth-order valence-corrected chi connectivity index (χ4v) is 1.90. The van der Waals surface area contributed by atoms with Crippen LogP contribution < -0.4 is 15.2 Å². The second kappa shape index (κ2) is 5.64. The van der Waals surface area contributed by atoms with E-state index in [1.807, 2.05) is 18.2 Å². The van der Waals surface area contributed by atoms with Crippen molar-refractivity contribution in [1.29, 1.82) is 0 Å². The van der Waals surface area contributed by atoms with Crippen molar-refractivity contribution in [2.75, 3.05) is 14.2 Å². The van der Waals surface area contributed by atoms with E-state index in [0.717, 1.165) is 16.7 Å². The Labute approximate surface area is 111 Å². The summed E-state index contributed by atoms with van der Waals surface area (Å²) in [6.07, 6.45) is 2.51. The van der Waals surface area contributed by atoms with Crippen LogP contribution in [0.1, 0.15) is 11.1 Å². The van der Waals surface area contributed by atoms with Crippen LogP contribution >= 0.6 is 12.4 Å². The lowest BCUT2D eigenvalue weighted by molar-refractivity contribution is 0.318. The van der Waals surface area contributed by atoms with E-state index in [-0.39, 0.29) is 18.2 Å². The molecule has 0 spiro atoms. The number of benzene rings is 1. The molecule has 0 aromatic heterocycles. The summed E-state index contributed by atoms with van der Waals surface area (Å²) in [7, 11) is 3.18. The van der Waals surface area contributed by atoms with Gasteiger partial charge in [-0.1, -0.05) is 5.16 Å². The first-order valence-electron chi connectivity index (χ1n) is 5.13. The van der Waals surface area contributed by atoms with Gasteiger partial charge in [0, 0.05) is 12.0 Å². The molecule has 0 saturated carbocycles. The van der Waals surface area contributed by atoms with Crippen LogP contribution in [0.25, 0.3) is 6.08 Å². The zero-order chi connectivity index (χ0) is 12.4. The average Bonchev–Trinajstić information content (AvgIpc) is 2.78. The van der Waals surface area contributed by atoms with Crippen LogP contribution in [-0.4, -0.2) is 25.3 Å². The second-order valence-electron chi connectivity index (χ2n) is 3.74. The number of amidine groups is 1. The summed E-state index contributed by atoms with van der Waals surface area (Å²) in [4.78, 5) is 0. The maximum absolute atomic E-state index is 8.65. The molecule has 2 rings (SSSR count). The van der Waals surface area contributed by atoms with E-state index in [2.05, 4.69) is 5.16 Å². The second-order valence-corrected chi connectivity index (χ2v) is 3.74. The van der Waals surface area contributed by atoms with Gasteiger partial charge in [0.2, 0.25) is 0 Å². The van der Waals surface area contributed by atoms with E-state index >= 15 is 0 Å². The smallest absolute Gasteiger partial charge is 0.166 e. The molecule has 3 N–H and O–H groups in total. The summed E-state index contributed by atoms with van der Waals surface area (Å²) in [5.74, 6) is 1.49. The Morgan fingerprint density at radius 2 is 1.89 bits per heavy atom. The van der Waals surface area contributed by atoms with E-state index in [9.17, 15) is 0 Å². The third kappa shape index (κ3) is 2.36. The van der Waals surface area contributed by atoms with E-state index < -0.39 is 0 Å². The third-order valence-electron chi connectivity index (χ3n) is 2.79. The van der Waals surface area contributed by atoms with Crippen LogP contribution in [0, 0.1) is 0 Å². The summed E-state index contributed by atoms with van der Waals surface area (Å²) in [5, 5.41) is 11.7. The van der Waals surface area contributed by atoms with Crippen LogP contribution in [0.2, 0.25) is 0 Å². The number of nitrogens with zero attached hydrogens (tertiary/aromatic N) is 1. The highest BCUT2D eigenvalue weighted by Crippen LogP contribution is 2.35. The number of rotatable bonds is 3. The number of oxime groups is 1. The minimum atomic E-state index is 0. The first kappa shape index (κ1) is 14.2. The standard InChI is InChI=1S/C12H14N2O3.ClH/c1-16-10-5-7-3-9(12(13)14-15)4-8(7)6-11(10)17-2;/h3,5-6,15H,4H2,1-2H3,(H2,13,14);1H. The van der Waals surface area contributed by atoms with Crippen molar-refractivity contribution in [2.45, 2.75) is 6.42 Å². The van der Waals surface area contributed by atoms with Crippen molar-refractivity contribution in [3.8, 4) is 11.5 Å². The third-order valence-corrected chi connectivity index (χ3v) is 2.79. The number of halogens is 1. The van der Waals surface area contributed by atoms with E-state index in [4.69, 9.17) is 20.4 Å². The van der Waals surface area contributed by atoms with Crippen molar-refractivity contribution in [2.24, 2.45) is 10.9 Å². The fourth-order valence-electron chi connectivity index (χ4n) is 1.90. The Morgan fingerprint density at radius 1 is 1.28 bits per heavy atom. The Hall–Kier alpha value is -1.88. The maximum atomic E-state index is 8.65. The minimum Gasteiger partial charge on any atom is -0.493 e. The van der Waals surface area contributed by atoms with Crippen LogP contribution in [0.5, 0.6) is 11.5 Å². The predicted octanol–water partition coefficient (Wildman–Crippen LogP) is 1.81. The highest BCUT2D eigenvalue weighted by atomic mass is 35.5. The molecule has 0 saturated heterocycles. The number of ether oxygens (including phenoxy) is 2. The molecule has 1 aromatic rings. The molecule has 98 valence electrons. The van der Waals surface area contributed by atoms with E-state index in [0.29, 0.717) is 17.9 Å². The van der Waals surface area contributed by atoms with Gasteiger partial charge >= 0.3 is 0 Å². The SMILES string of the molecule is COc1cc2c(cc1OC)CC(/C(N)=N\O)=C2.Cl. The minimum absolute atomic E-state index is 0. The Bertz CT molecular complexity index is 512. The van der Waals surface area contributed by atoms with Crippen molar-refractivity contribution < 1.29 is 14.7 Å². The lowest BCUT2D eigenvalue weighted by Gasteiger charge is -2.09. The van der Waals surface area contributed by atoms with Crippen molar-refractivity contribution in [3.63, 3.8) is 0 Å². The molecule has 18 heavy (non-hydrogen) atoms. The van der Waals surface area contributed by atoms with Crippen molar-refractivity contribution in [3.05, 3.63) is 28.8 Å². The lowest BCUT2D eigenvalue weighted by Crippen LogP contribution is -2.14. The maximum Gasteiger partial charge on any atom is 0.166 e. The molecule has 6 heteroatoms. The predicted molar refractivity (Wildman–Crippen MR) is 71.9 cm³/mol. The lowest BCUT2D eigenvalue weighted by atomic mass is 10.1. The normalized spacial score (nSPS) is 13.4. The highest BCUT2D eigenvalue weighted by molar-refractivity contribution is 6.02. The molecular formula is C12H15ClN2O3. The molecule has 0 amide bonds. The van der Waals surface area contributed by atoms with Crippen molar-refractivity contribution in [1.82, 2.24) is 0 Å². The molecule has 0 unspecified atom stereocenters. The van der Waals surface area contributed by atoms with Gasteiger partial charge in [0.25, 0.3) is 0 Å². The molecular weight excluding hydrogens is 256 g/mol. The summed E-state index contributed by atoms with van der Waals surface area (Å²) in [6, 6.07) is 3.79. The quantitative estimate of drug-likeness (QED) is 0.380. The number of methoxy groups -OCH3 is 2. The largest absolute Gasteiger partial charge is 0.493 e. The first-order valence-corrected chi connectivity index (χ1v) is 5.13. The van der Waals surface area contributed by atoms with Crippen LogP contribution in [0.15, 0.2) is 22.9 Å². The van der Waals surface area contributed by atoms with Gasteiger partial charge in [-0.3, -0.25) is 0 Å². The van der Waals surface area contributed by atoms with Gasteiger partial charge < -0.3 is 20.4 Å². The summed E-state index contributed by atoms with van der Waals surface area (Å²) in [5.41, 5.74) is 8.43. The number of hydrogen-bond donors (Lipinski definition) is 2. The fraction of sp³-hybridized carbons (Fsp3) is 0.250. The van der Waals surface area contributed by atoms with Gasteiger partial charge in [-0.15, -0.1) is 12.4 Å². The molecule has 5 nitrogen and oxygen atoms in total. The molecule has 1 aliphatic carbocycles. The van der Waals surface area contributed by atoms with Gasteiger partial charge in [0.1, 0.15) is 0 Å². The van der Waals surface area contributed by atoms with Crippen LogP contribution in [0.4, 0.5) is 0 Å². The molecule has 0 atom stereocenters. The molecule has 0 bridgehead atoms. The van der Waals surface area contributed by atoms with E-state index in [1.165, 1.54) is 0 Å². The van der Waals surface area contributed by atoms with Crippen LogP contribution in [0.3, 0.4) is 0 Å². The van der Waals surface area contributed by atoms with Crippen molar-refractivity contribution >= 4 is 24.3 Å². The number of hydrogen-bond acceptors (Lipinski definition) is 4. The highest BCUT2D eigenvalue weighted by Gasteiger charge is 2.18. The molecule has 1 aromatic carbocycles. The Kier molecular flexibility index (Phi) is 4.44. The zero-order valence-electron chi connectivity index (χ0n) is 10.1. The summed E-state index contributed by atoms with van der Waals surface area (Å²) < 4.78 is 10.4. The van der Waals surface area contributed by atoms with Gasteiger partial charge in [-0.05, 0) is 29.3 Å². The molecule has 1 aliphatic rings. The molecule has 0 radical (unpaired) electrons. The molecule has 0 fully saturated rings. The van der Waals surface area contributed by atoms with Gasteiger partial charge in [0.05, 0.1) is 14.2 Å². The number of nitrogens with two attached hydrogens (primary N) is 1. The Morgan fingerprint density at radius 3 is 2.44 bits per heavy atom. The first-order chi connectivity index (χ1) is 8.19. The number of fused-ring (bicyclic) bond motifs is 1. The van der Waals surface area contributed by atoms with Crippen LogP contribution in [-0.2, 0) is 6.42 Å². The van der Waals surface area contributed by atoms with Gasteiger partial charge in [-0.2, -0.15) is 0 Å². The zero-order valence-corrected chi connectivity index (χ0v) is 11.0. The van der Waals surface area contributed by atoms with Gasteiger partial charge in [-0.25, -0.2) is 0 Å². The Balaban J connectivity index is 0.00000162. The summed E-state index contributed by atoms with van der Waals surface area (Å²) in [6.45, 7) is 0. The topological polar surface area (TPSA) is 77.1 Å². The molecule has 0 aliphatic heterocycles. The summed E-state index contributed by atoms with van der Waals surface area (Å²) >= 11 is 0. The average molecular weight is 271 g/mol. The van der Waals surface area contributed by atoms with Gasteiger partial charge in [0.15, 0.2) is 17.3 Å². The molecule has 0 heterocycles. The monoisotopic (exact) mass is 270 g/mol.